The van der Waals surface area contributed by atoms with Crippen molar-refractivity contribution in [2.75, 3.05) is 13.1 Å². The first-order valence-corrected chi connectivity index (χ1v) is 9.37. The molecular weight excluding hydrogens is 310 g/mol. The van der Waals surface area contributed by atoms with Crippen LogP contribution in [0.2, 0.25) is 0 Å². The molecule has 8 heteroatoms. The second-order valence-corrected chi connectivity index (χ2v) is 8.81. The first kappa shape index (κ1) is 15.0. The highest BCUT2D eigenvalue weighted by atomic mass is 32.2. The zero-order chi connectivity index (χ0) is 15.1. The zero-order valence-electron chi connectivity index (χ0n) is 11.6. The van der Waals surface area contributed by atoms with E-state index >= 15 is 0 Å². The second kappa shape index (κ2) is 5.35. The topological polar surface area (TPSA) is 101 Å². The summed E-state index contributed by atoms with van der Waals surface area (Å²) < 4.78 is 22.5. The van der Waals surface area contributed by atoms with Crippen LogP contribution in [0, 0.1) is 11.3 Å². The van der Waals surface area contributed by atoms with Crippen LogP contribution in [-0.2, 0) is 21.4 Å². The minimum Gasteiger partial charge on any atom is -0.351 e. The molecule has 4 N–H and O–H groups in total. The van der Waals surface area contributed by atoms with Gasteiger partial charge in [-0.3, -0.25) is 4.79 Å². The van der Waals surface area contributed by atoms with Crippen LogP contribution in [0.1, 0.15) is 24.1 Å². The number of nitrogens with two attached hydrogens (primary N) is 1. The molecular formula is C13H19N3O3S2. The molecule has 6 nitrogen and oxygen atoms in total. The molecule has 1 aliphatic heterocycles. The fraction of sp³-hybridized carbons (Fsp3) is 0.615. The summed E-state index contributed by atoms with van der Waals surface area (Å²) in [7, 11) is -3.65. The molecule has 116 valence electrons. The summed E-state index contributed by atoms with van der Waals surface area (Å²) in [5.41, 5.74) is 0.219. The third kappa shape index (κ3) is 3.13. The van der Waals surface area contributed by atoms with Gasteiger partial charge in [0.1, 0.15) is 4.21 Å². The molecule has 1 unspecified atom stereocenters. The number of carbonyl (C=O) groups is 1. The number of thiophene rings is 1. The number of nitrogens with one attached hydrogen (secondary N) is 2. The minimum absolute atomic E-state index is 0.0856. The van der Waals surface area contributed by atoms with E-state index < -0.39 is 10.0 Å². The maximum atomic E-state index is 12.2. The smallest absolute Gasteiger partial charge is 0.247 e. The predicted octanol–water partition coefficient (Wildman–Crippen LogP) is 0.401. The van der Waals surface area contributed by atoms with Gasteiger partial charge in [-0.1, -0.05) is 0 Å². The van der Waals surface area contributed by atoms with Crippen molar-refractivity contribution < 1.29 is 13.2 Å². The van der Waals surface area contributed by atoms with Crippen molar-refractivity contribution in [2.45, 2.75) is 30.0 Å². The highest BCUT2D eigenvalue weighted by Crippen LogP contribution is 2.58. The van der Waals surface area contributed by atoms with Crippen LogP contribution in [0.25, 0.3) is 0 Å². The minimum atomic E-state index is -3.65. The number of hydrogen-bond acceptors (Lipinski definition) is 5. The monoisotopic (exact) mass is 329 g/mol. The highest BCUT2D eigenvalue weighted by molar-refractivity contribution is 7.91. The van der Waals surface area contributed by atoms with E-state index in [0.29, 0.717) is 6.54 Å². The molecule has 1 aromatic heterocycles. The van der Waals surface area contributed by atoms with E-state index in [0.717, 1.165) is 48.6 Å². The van der Waals surface area contributed by atoms with Gasteiger partial charge in [-0.15, -0.1) is 11.3 Å². The lowest BCUT2D eigenvalue weighted by atomic mass is 9.92. The molecule has 0 bridgehead atoms. The number of hydrogen-bond donors (Lipinski definition) is 3. The Hall–Kier alpha value is -0.960. The van der Waals surface area contributed by atoms with Crippen molar-refractivity contribution in [3.05, 3.63) is 17.0 Å². The molecule has 1 saturated carbocycles. The van der Waals surface area contributed by atoms with Crippen molar-refractivity contribution in [1.29, 1.82) is 0 Å². The average Bonchev–Trinajstić information content (AvgIpc) is 2.91. The Morgan fingerprint density at radius 1 is 1.43 bits per heavy atom. The van der Waals surface area contributed by atoms with E-state index in [1.165, 1.54) is 6.07 Å². The van der Waals surface area contributed by atoms with E-state index in [1.54, 1.807) is 6.07 Å². The molecule has 2 aliphatic rings. The van der Waals surface area contributed by atoms with Gasteiger partial charge in [-0.05, 0) is 49.9 Å². The number of carbonyl (C=O) groups excluding carboxylic acids is 1. The van der Waals surface area contributed by atoms with Crippen molar-refractivity contribution >= 4 is 27.3 Å². The summed E-state index contributed by atoms with van der Waals surface area (Å²) in [5, 5.41) is 11.3. The lowest BCUT2D eigenvalue weighted by molar-refractivity contribution is -0.123. The third-order valence-corrected chi connectivity index (χ3v) is 6.98. The Morgan fingerprint density at radius 3 is 2.76 bits per heavy atom. The van der Waals surface area contributed by atoms with Gasteiger partial charge in [0.2, 0.25) is 15.9 Å². The molecule has 21 heavy (non-hydrogen) atoms. The highest BCUT2D eigenvalue weighted by Gasteiger charge is 2.57. The fourth-order valence-corrected chi connectivity index (χ4v) is 4.82. The number of rotatable bonds is 4. The lowest BCUT2D eigenvalue weighted by Gasteiger charge is -2.23. The summed E-state index contributed by atoms with van der Waals surface area (Å²) in [6.45, 7) is 2.35. The van der Waals surface area contributed by atoms with Crippen molar-refractivity contribution in [1.82, 2.24) is 10.6 Å². The van der Waals surface area contributed by atoms with Crippen LogP contribution in [0.4, 0.5) is 0 Å². The predicted molar refractivity (Wildman–Crippen MR) is 80.2 cm³/mol. The van der Waals surface area contributed by atoms with Crippen LogP contribution < -0.4 is 15.8 Å². The SMILES string of the molecule is NS(=O)(=O)c1ccc(CNC(=O)C2CC23CCNCC3)s1. The molecule has 3 rings (SSSR count). The first-order chi connectivity index (χ1) is 9.91. The van der Waals surface area contributed by atoms with Crippen molar-refractivity contribution in [2.24, 2.45) is 16.5 Å². The van der Waals surface area contributed by atoms with Crippen molar-refractivity contribution in [3.63, 3.8) is 0 Å². The quantitative estimate of drug-likeness (QED) is 0.744. The van der Waals surface area contributed by atoms with Gasteiger partial charge in [0, 0.05) is 10.8 Å². The normalized spacial score (nSPS) is 24.0. The molecule has 2 fully saturated rings. The molecule has 0 radical (unpaired) electrons. The number of sulfonamides is 1. The van der Waals surface area contributed by atoms with E-state index in [2.05, 4.69) is 10.6 Å². The summed E-state index contributed by atoms with van der Waals surface area (Å²) in [4.78, 5) is 13.0. The third-order valence-electron chi connectivity index (χ3n) is 4.46. The van der Waals surface area contributed by atoms with Crippen molar-refractivity contribution in [3.8, 4) is 0 Å². The van der Waals surface area contributed by atoms with E-state index in [9.17, 15) is 13.2 Å². The summed E-state index contributed by atoms with van der Waals surface area (Å²) in [6, 6.07) is 3.17. The number of piperidine rings is 1. The maximum Gasteiger partial charge on any atom is 0.247 e. The lowest BCUT2D eigenvalue weighted by Crippen LogP contribution is -2.33. The number of primary sulfonamides is 1. The summed E-state index contributed by atoms with van der Waals surface area (Å²) >= 11 is 1.10. The summed E-state index contributed by atoms with van der Waals surface area (Å²) in [6.07, 6.45) is 3.12. The maximum absolute atomic E-state index is 12.2. The molecule has 1 atom stereocenters. The van der Waals surface area contributed by atoms with Gasteiger partial charge in [0.05, 0.1) is 6.54 Å². The molecule has 1 aromatic rings. The van der Waals surface area contributed by atoms with Gasteiger partial charge in [0.25, 0.3) is 0 Å². The Bertz CT molecular complexity index is 647. The van der Waals surface area contributed by atoms with Gasteiger partial charge >= 0.3 is 0 Å². The van der Waals surface area contributed by atoms with E-state index in [4.69, 9.17) is 5.14 Å². The Morgan fingerprint density at radius 2 is 2.14 bits per heavy atom. The second-order valence-electron chi connectivity index (χ2n) is 5.85. The standard InChI is InChI=1S/C13H19N3O3S2/c14-21(18,19)11-2-1-9(20-11)8-16-12(17)10-7-13(10)3-5-15-6-4-13/h1-2,10,15H,3-8H2,(H,16,17)(H2,14,18,19). The summed E-state index contributed by atoms with van der Waals surface area (Å²) in [5.74, 6) is 0.208. The van der Waals surface area contributed by atoms with Crippen LogP contribution in [0.15, 0.2) is 16.3 Å². The van der Waals surface area contributed by atoms with Gasteiger partial charge < -0.3 is 10.6 Å². The fourth-order valence-electron chi connectivity index (χ4n) is 3.10. The van der Waals surface area contributed by atoms with Crippen LogP contribution in [0.5, 0.6) is 0 Å². The molecule has 1 amide bonds. The Balaban J connectivity index is 1.54. The molecule has 1 saturated heterocycles. The zero-order valence-corrected chi connectivity index (χ0v) is 13.2. The molecule has 2 heterocycles. The largest absolute Gasteiger partial charge is 0.351 e. The molecule has 0 aromatic carbocycles. The molecule has 1 spiro atoms. The Labute approximate surface area is 128 Å². The molecule has 1 aliphatic carbocycles. The first-order valence-electron chi connectivity index (χ1n) is 7.01. The van der Waals surface area contributed by atoms with Crippen LogP contribution >= 0.6 is 11.3 Å². The van der Waals surface area contributed by atoms with Gasteiger partial charge in [0.15, 0.2) is 0 Å². The van der Waals surface area contributed by atoms with Gasteiger partial charge in [-0.25, -0.2) is 13.6 Å². The van der Waals surface area contributed by atoms with Crippen LogP contribution in [0.3, 0.4) is 0 Å². The van der Waals surface area contributed by atoms with E-state index in [1.807, 2.05) is 0 Å². The Kier molecular flexibility index (Phi) is 3.81. The van der Waals surface area contributed by atoms with Gasteiger partial charge in [-0.2, -0.15) is 0 Å². The average molecular weight is 329 g/mol. The van der Waals surface area contributed by atoms with E-state index in [-0.39, 0.29) is 21.4 Å². The number of amides is 1. The van der Waals surface area contributed by atoms with Crippen LogP contribution in [-0.4, -0.2) is 27.4 Å².